The number of nitrogens with zero attached hydrogens (tertiary/aromatic N) is 1. The summed E-state index contributed by atoms with van der Waals surface area (Å²) < 4.78 is 0. The molecule has 2 nitrogen and oxygen atoms in total. The Morgan fingerprint density at radius 2 is 2.13 bits per heavy atom. The lowest BCUT2D eigenvalue weighted by Crippen LogP contribution is -2.35. The van der Waals surface area contributed by atoms with E-state index in [0.717, 1.165) is 19.4 Å². The van der Waals surface area contributed by atoms with Crippen molar-refractivity contribution in [1.82, 2.24) is 0 Å². The molecule has 0 saturated carbocycles. The molecule has 2 heteroatoms. The van der Waals surface area contributed by atoms with Gasteiger partial charge in [-0.2, -0.15) is 0 Å². The molecule has 0 amide bonds. The van der Waals surface area contributed by atoms with E-state index in [9.17, 15) is 4.79 Å². The molecule has 0 aliphatic carbocycles. The van der Waals surface area contributed by atoms with Gasteiger partial charge >= 0.3 is 0 Å². The van der Waals surface area contributed by atoms with Gasteiger partial charge in [0.15, 0.2) is 5.78 Å². The Kier molecular flexibility index (Phi) is 3.05. The molecular weight excluding hydrogens is 186 g/mol. The van der Waals surface area contributed by atoms with Crippen LogP contribution < -0.4 is 4.90 Å². The molecule has 0 spiro atoms. The van der Waals surface area contributed by atoms with Crippen LogP contribution in [0.2, 0.25) is 0 Å². The summed E-state index contributed by atoms with van der Waals surface area (Å²) in [5.74, 6) is 0.372. The Hall–Kier alpha value is -1.31. The summed E-state index contributed by atoms with van der Waals surface area (Å²) in [6.45, 7) is 2.96. The number of Topliss-reactive ketones (excluding diaryl/α,β-unsaturated/α-hetero) is 1. The lowest BCUT2D eigenvalue weighted by molar-refractivity contribution is -0.119. The van der Waals surface area contributed by atoms with Crippen LogP contribution in [0, 0.1) is 0 Å². The maximum absolute atomic E-state index is 11.8. The molecule has 1 aromatic rings. The first-order valence-electron chi connectivity index (χ1n) is 5.67. The summed E-state index contributed by atoms with van der Waals surface area (Å²) in [4.78, 5) is 14.0. The van der Waals surface area contributed by atoms with Crippen LogP contribution in [0.3, 0.4) is 0 Å². The minimum absolute atomic E-state index is 0.123. The van der Waals surface area contributed by atoms with Crippen LogP contribution in [-0.4, -0.2) is 18.4 Å². The van der Waals surface area contributed by atoms with E-state index in [4.69, 9.17) is 0 Å². The lowest BCUT2D eigenvalue weighted by atomic mass is 10.1. The summed E-state index contributed by atoms with van der Waals surface area (Å²) >= 11 is 0. The van der Waals surface area contributed by atoms with Gasteiger partial charge in [0.1, 0.15) is 0 Å². The SMILES string of the molecule is CCC(=O)[C@@H]1CCCN1c1ccccc1. The molecule has 80 valence electrons. The summed E-state index contributed by atoms with van der Waals surface area (Å²) in [5, 5.41) is 0. The van der Waals surface area contributed by atoms with E-state index in [-0.39, 0.29) is 6.04 Å². The molecule has 15 heavy (non-hydrogen) atoms. The fourth-order valence-electron chi connectivity index (χ4n) is 2.27. The third-order valence-electron chi connectivity index (χ3n) is 3.06. The van der Waals surface area contributed by atoms with Crippen LogP contribution in [0.25, 0.3) is 0 Å². The van der Waals surface area contributed by atoms with Crippen molar-refractivity contribution >= 4 is 11.5 Å². The van der Waals surface area contributed by atoms with Gasteiger partial charge in [-0.1, -0.05) is 25.1 Å². The molecule has 0 N–H and O–H groups in total. The van der Waals surface area contributed by atoms with E-state index in [2.05, 4.69) is 17.0 Å². The van der Waals surface area contributed by atoms with Crippen molar-refractivity contribution in [3.63, 3.8) is 0 Å². The molecule has 1 heterocycles. The van der Waals surface area contributed by atoms with Crippen LogP contribution in [0.15, 0.2) is 30.3 Å². The van der Waals surface area contributed by atoms with Crippen molar-refractivity contribution in [3.8, 4) is 0 Å². The van der Waals surface area contributed by atoms with Gasteiger partial charge in [0.2, 0.25) is 0 Å². The van der Waals surface area contributed by atoms with Crippen molar-refractivity contribution < 1.29 is 4.79 Å². The zero-order chi connectivity index (χ0) is 10.7. The van der Waals surface area contributed by atoms with Gasteiger partial charge in [-0.25, -0.2) is 0 Å². The topological polar surface area (TPSA) is 20.3 Å². The third kappa shape index (κ3) is 2.04. The van der Waals surface area contributed by atoms with Crippen molar-refractivity contribution in [3.05, 3.63) is 30.3 Å². The number of para-hydroxylation sites is 1. The molecule has 1 aliphatic heterocycles. The number of hydrogen-bond donors (Lipinski definition) is 0. The Labute approximate surface area is 90.9 Å². The van der Waals surface area contributed by atoms with Gasteiger partial charge in [0, 0.05) is 18.7 Å². The molecule has 1 aliphatic rings. The average Bonchev–Trinajstić information content (AvgIpc) is 2.78. The van der Waals surface area contributed by atoms with E-state index >= 15 is 0 Å². The molecule has 1 atom stereocenters. The molecule has 1 aromatic carbocycles. The van der Waals surface area contributed by atoms with Gasteiger partial charge < -0.3 is 4.90 Å². The standard InChI is InChI=1S/C13H17NO/c1-2-13(15)12-9-6-10-14(12)11-7-4-3-5-8-11/h3-5,7-8,12H,2,6,9-10H2,1H3/t12-/m0/s1. The Morgan fingerprint density at radius 3 is 2.80 bits per heavy atom. The lowest BCUT2D eigenvalue weighted by Gasteiger charge is -2.25. The summed E-state index contributed by atoms with van der Waals surface area (Å²) in [7, 11) is 0. The number of rotatable bonds is 3. The first-order chi connectivity index (χ1) is 7.33. The maximum Gasteiger partial charge on any atom is 0.154 e. The van der Waals surface area contributed by atoms with Crippen LogP contribution in [-0.2, 0) is 4.79 Å². The molecule has 0 bridgehead atoms. The van der Waals surface area contributed by atoms with E-state index in [1.807, 2.05) is 25.1 Å². The monoisotopic (exact) mass is 203 g/mol. The molecule has 0 aromatic heterocycles. The molecule has 0 radical (unpaired) electrons. The second kappa shape index (κ2) is 4.47. The van der Waals surface area contributed by atoms with E-state index in [0.29, 0.717) is 12.2 Å². The quantitative estimate of drug-likeness (QED) is 0.752. The number of benzene rings is 1. The largest absolute Gasteiger partial charge is 0.361 e. The number of anilines is 1. The first kappa shape index (κ1) is 10.2. The predicted molar refractivity (Wildman–Crippen MR) is 62.1 cm³/mol. The highest BCUT2D eigenvalue weighted by atomic mass is 16.1. The zero-order valence-electron chi connectivity index (χ0n) is 9.15. The van der Waals surface area contributed by atoms with Gasteiger partial charge in [0.05, 0.1) is 6.04 Å². The van der Waals surface area contributed by atoms with Gasteiger partial charge in [-0.3, -0.25) is 4.79 Å². The van der Waals surface area contributed by atoms with Gasteiger partial charge in [0.25, 0.3) is 0 Å². The minimum Gasteiger partial charge on any atom is -0.361 e. The molecule has 0 unspecified atom stereocenters. The highest BCUT2D eigenvalue weighted by Gasteiger charge is 2.29. The highest BCUT2D eigenvalue weighted by molar-refractivity contribution is 5.87. The molecule has 1 saturated heterocycles. The third-order valence-corrected chi connectivity index (χ3v) is 3.06. The predicted octanol–water partition coefficient (Wildman–Crippen LogP) is 2.63. The molecular formula is C13H17NO. The van der Waals surface area contributed by atoms with Crippen molar-refractivity contribution in [2.24, 2.45) is 0 Å². The zero-order valence-corrected chi connectivity index (χ0v) is 9.15. The normalized spacial score (nSPS) is 20.6. The highest BCUT2D eigenvalue weighted by Crippen LogP contribution is 2.26. The Morgan fingerprint density at radius 1 is 1.40 bits per heavy atom. The Balaban J connectivity index is 2.18. The maximum atomic E-state index is 11.8. The number of carbonyl (C=O) groups excluding carboxylic acids is 1. The van der Waals surface area contributed by atoms with Gasteiger partial charge in [-0.15, -0.1) is 0 Å². The first-order valence-corrected chi connectivity index (χ1v) is 5.67. The smallest absolute Gasteiger partial charge is 0.154 e. The number of ketones is 1. The van der Waals surface area contributed by atoms with E-state index in [1.165, 1.54) is 5.69 Å². The fraction of sp³-hybridized carbons (Fsp3) is 0.462. The molecule has 1 fully saturated rings. The van der Waals surface area contributed by atoms with Crippen molar-refractivity contribution in [2.75, 3.05) is 11.4 Å². The minimum atomic E-state index is 0.123. The van der Waals surface area contributed by atoms with Gasteiger partial charge in [-0.05, 0) is 25.0 Å². The average molecular weight is 203 g/mol. The van der Waals surface area contributed by atoms with Crippen molar-refractivity contribution in [2.45, 2.75) is 32.2 Å². The van der Waals surface area contributed by atoms with Crippen molar-refractivity contribution in [1.29, 1.82) is 0 Å². The number of hydrogen-bond acceptors (Lipinski definition) is 2. The summed E-state index contributed by atoms with van der Waals surface area (Å²) in [6, 6.07) is 10.4. The summed E-state index contributed by atoms with van der Waals surface area (Å²) in [6.07, 6.45) is 2.79. The van der Waals surface area contributed by atoms with Crippen LogP contribution >= 0.6 is 0 Å². The second-order valence-corrected chi connectivity index (χ2v) is 4.01. The van der Waals surface area contributed by atoms with E-state index in [1.54, 1.807) is 0 Å². The molecule has 2 rings (SSSR count). The van der Waals surface area contributed by atoms with E-state index < -0.39 is 0 Å². The summed E-state index contributed by atoms with van der Waals surface area (Å²) in [5.41, 5.74) is 1.18. The van der Waals surface area contributed by atoms with Crippen LogP contribution in [0.4, 0.5) is 5.69 Å². The Bertz CT molecular complexity index is 334. The number of carbonyl (C=O) groups is 1. The second-order valence-electron chi connectivity index (χ2n) is 4.01. The fourth-order valence-corrected chi connectivity index (χ4v) is 2.27. The van der Waals surface area contributed by atoms with Crippen LogP contribution in [0.5, 0.6) is 0 Å². The van der Waals surface area contributed by atoms with Crippen LogP contribution in [0.1, 0.15) is 26.2 Å².